The molecule has 1 aromatic heterocycles. The van der Waals surface area contributed by atoms with Crippen LogP contribution in [0.3, 0.4) is 0 Å². The number of anilines is 2. The van der Waals surface area contributed by atoms with Crippen molar-refractivity contribution in [3.63, 3.8) is 0 Å². The van der Waals surface area contributed by atoms with Gasteiger partial charge in [0.05, 0.1) is 16.9 Å². The first-order valence-electron chi connectivity index (χ1n) is 6.61. The normalized spacial score (nSPS) is 16.2. The highest BCUT2D eigenvalue weighted by Gasteiger charge is 2.11. The Labute approximate surface area is 110 Å². The lowest BCUT2D eigenvalue weighted by molar-refractivity contribution is 0.353. The van der Waals surface area contributed by atoms with Crippen LogP contribution in [-0.4, -0.2) is 36.1 Å². The van der Waals surface area contributed by atoms with Gasteiger partial charge in [0.2, 0.25) is 0 Å². The molecule has 3 rings (SSSR count). The molecule has 6 nitrogen and oxygen atoms in total. The molecule has 2 heterocycles. The Morgan fingerprint density at radius 2 is 2.16 bits per heavy atom. The summed E-state index contributed by atoms with van der Waals surface area (Å²) in [7, 11) is 0. The number of aromatic nitrogens is 1. The van der Waals surface area contributed by atoms with Crippen LogP contribution in [0.4, 0.5) is 11.4 Å². The first-order chi connectivity index (χ1) is 9.22. The Hall–Kier alpha value is -1.95. The van der Waals surface area contributed by atoms with Crippen LogP contribution in [0, 0.1) is 0 Å². The van der Waals surface area contributed by atoms with Gasteiger partial charge in [-0.15, -0.1) is 0 Å². The number of nitrogens with two attached hydrogens (primary N) is 1. The second-order valence-corrected chi connectivity index (χ2v) is 4.93. The van der Waals surface area contributed by atoms with Crippen LogP contribution in [-0.2, 0) is 0 Å². The van der Waals surface area contributed by atoms with E-state index in [9.17, 15) is 4.79 Å². The fourth-order valence-corrected chi connectivity index (χ4v) is 2.52. The highest BCUT2D eigenvalue weighted by molar-refractivity contribution is 5.85. The lowest BCUT2D eigenvalue weighted by atomic mass is 10.2. The number of rotatable bonds is 4. The number of aromatic amines is 1. The summed E-state index contributed by atoms with van der Waals surface area (Å²) in [6.45, 7) is 4.23. The minimum atomic E-state index is -0.455. The third-order valence-electron chi connectivity index (χ3n) is 3.53. The van der Waals surface area contributed by atoms with E-state index < -0.39 is 5.76 Å². The number of H-pyrrole nitrogens is 1. The van der Waals surface area contributed by atoms with Crippen molar-refractivity contribution in [1.82, 2.24) is 9.88 Å². The molecule has 0 spiro atoms. The zero-order valence-corrected chi connectivity index (χ0v) is 10.7. The predicted octanol–water partition coefficient (Wildman–Crippen LogP) is 1.21. The number of fused-ring (bicyclic) bond motifs is 1. The third-order valence-corrected chi connectivity index (χ3v) is 3.53. The first-order valence-corrected chi connectivity index (χ1v) is 6.61. The number of oxazole rings is 1. The number of nitrogen functional groups attached to an aromatic ring is 1. The largest absolute Gasteiger partial charge is 0.417 e. The molecule has 0 radical (unpaired) electrons. The quantitative estimate of drug-likeness (QED) is 0.721. The Balaban J connectivity index is 1.69. The summed E-state index contributed by atoms with van der Waals surface area (Å²) in [6.07, 6.45) is 2.59. The van der Waals surface area contributed by atoms with E-state index in [1.54, 1.807) is 6.07 Å². The molecule has 102 valence electrons. The van der Waals surface area contributed by atoms with Crippen LogP contribution in [0.25, 0.3) is 11.1 Å². The van der Waals surface area contributed by atoms with Gasteiger partial charge in [-0.1, -0.05) is 0 Å². The first kappa shape index (κ1) is 12.1. The summed E-state index contributed by atoms with van der Waals surface area (Å²) >= 11 is 0. The number of likely N-dealkylation sites (tertiary alicyclic amines) is 1. The lowest BCUT2D eigenvalue weighted by Gasteiger charge is -2.16. The fourth-order valence-electron chi connectivity index (χ4n) is 2.52. The summed E-state index contributed by atoms with van der Waals surface area (Å²) in [5.41, 5.74) is 8.53. The van der Waals surface area contributed by atoms with Crippen LogP contribution < -0.4 is 16.8 Å². The molecule has 0 saturated carbocycles. The van der Waals surface area contributed by atoms with E-state index in [1.807, 2.05) is 6.07 Å². The van der Waals surface area contributed by atoms with Crippen LogP contribution in [0.15, 0.2) is 21.3 Å². The molecule has 6 heteroatoms. The minimum absolute atomic E-state index is 0.455. The van der Waals surface area contributed by atoms with Gasteiger partial charge in [0, 0.05) is 19.2 Å². The molecule has 0 atom stereocenters. The maximum atomic E-state index is 11.1. The van der Waals surface area contributed by atoms with E-state index in [-0.39, 0.29) is 0 Å². The van der Waals surface area contributed by atoms with E-state index >= 15 is 0 Å². The van der Waals surface area contributed by atoms with Crippen molar-refractivity contribution in [3.8, 4) is 0 Å². The summed E-state index contributed by atoms with van der Waals surface area (Å²) in [5, 5.41) is 3.31. The number of nitrogens with zero attached hydrogens (tertiary/aromatic N) is 1. The molecular formula is C13H18N4O2. The topological polar surface area (TPSA) is 87.3 Å². The molecule has 1 aromatic carbocycles. The van der Waals surface area contributed by atoms with Crippen molar-refractivity contribution >= 4 is 22.5 Å². The molecule has 1 aliphatic rings. The fraction of sp³-hybridized carbons (Fsp3) is 0.462. The van der Waals surface area contributed by atoms with Crippen molar-refractivity contribution in [2.45, 2.75) is 12.8 Å². The van der Waals surface area contributed by atoms with Crippen molar-refractivity contribution < 1.29 is 4.42 Å². The molecule has 0 bridgehead atoms. The molecule has 0 aliphatic carbocycles. The Kier molecular flexibility index (Phi) is 3.16. The van der Waals surface area contributed by atoms with Crippen LogP contribution in [0.2, 0.25) is 0 Å². The van der Waals surface area contributed by atoms with Gasteiger partial charge >= 0.3 is 5.76 Å². The van der Waals surface area contributed by atoms with Gasteiger partial charge in [0.1, 0.15) is 0 Å². The lowest BCUT2D eigenvalue weighted by Crippen LogP contribution is -2.26. The molecule has 1 aliphatic heterocycles. The highest BCUT2D eigenvalue weighted by atomic mass is 16.4. The van der Waals surface area contributed by atoms with Crippen LogP contribution in [0.1, 0.15) is 12.8 Å². The zero-order valence-electron chi connectivity index (χ0n) is 10.7. The second-order valence-electron chi connectivity index (χ2n) is 4.93. The molecule has 1 saturated heterocycles. The SMILES string of the molecule is Nc1cc2oc(=O)[nH]c2cc1NCCN1CCCC1. The van der Waals surface area contributed by atoms with Gasteiger partial charge in [-0.2, -0.15) is 0 Å². The smallest absolute Gasteiger partial charge is 0.408 e. The summed E-state index contributed by atoms with van der Waals surface area (Å²) in [4.78, 5) is 16.2. The third kappa shape index (κ3) is 2.58. The van der Waals surface area contributed by atoms with E-state index in [1.165, 1.54) is 25.9 Å². The predicted molar refractivity (Wildman–Crippen MR) is 75.4 cm³/mol. The van der Waals surface area contributed by atoms with Gasteiger partial charge < -0.3 is 20.4 Å². The average molecular weight is 262 g/mol. The van der Waals surface area contributed by atoms with Crippen molar-refractivity contribution in [2.24, 2.45) is 0 Å². The van der Waals surface area contributed by atoms with Crippen molar-refractivity contribution in [1.29, 1.82) is 0 Å². The van der Waals surface area contributed by atoms with Gasteiger partial charge in [-0.3, -0.25) is 4.98 Å². The average Bonchev–Trinajstić information content (AvgIpc) is 2.98. The summed E-state index contributed by atoms with van der Waals surface area (Å²) in [5.74, 6) is -0.455. The van der Waals surface area contributed by atoms with E-state index in [0.717, 1.165) is 18.8 Å². The van der Waals surface area contributed by atoms with Crippen LogP contribution >= 0.6 is 0 Å². The molecular weight excluding hydrogens is 244 g/mol. The highest BCUT2D eigenvalue weighted by Crippen LogP contribution is 2.24. The van der Waals surface area contributed by atoms with Crippen molar-refractivity contribution in [2.75, 3.05) is 37.2 Å². The molecule has 2 aromatic rings. The van der Waals surface area contributed by atoms with Crippen LogP contribution in [0.5, 0.6) is 0 Å². The van der Waals surface area contributed by atoms with E-state index in [4.69, 9.17) is 10.2 Å². The van der Waals surface area contributed by atoms with E-state index in [2.05, 4.69) is 15.2 Å². The zero-order chi connectivity index (χ0) is 13.2. The molecule has 0 amide bonds. The number of hydrogen-bond acceptors (Lipinski definition) is 5. The summed E-state index contributed by atoms with van der Waals surface area (Å²) in [6, 6.07) is 3.49. The van der Waals surface area contributed by atoms with Gasteiger partial charge in [-0.25, -0.2) is 4.79 Å². The molecule has 0 unspecified atom stereocenters. The maximum Gasteiger partial charge on any atom is 0.417 e. The monoisotopic (exact) mass is 262 g/mol. The van der Waals surface area contributed by atoms with E-state index in [0.29, 0.717) is 16.8 Å². The molecule has 19 heavy (non-hydrogen) atoms. The van der Waals surface area contributed by atoms with Gasteiger partial charge in [-0.05, 0) is 32.0 Å². The Morgan fingerprint density at radius 3 is 2.95 bits per heavy atom. The number of benzene rings is 1. The summed E-state index contributed by atoms with van der Waals surface area (Å²) < 4.78 is 4.96. The maximum absolute atomic E-state index is 11.1. The standard InChI is InChI=1S/C13H18N4O2/c14-9-7-12-11(16-13(18)19-12)8-10(9)15-3-6-17-4-1-2-5-17/h7-8,15H,1-6,14H2,(H,16,18). The Bertz CT molecular complexity index is 625. The minimum Gasteiger partial charge on any atom is -0.408 e. The molecule has 1 fully saturated rings. The number of nitrogens with one attached hydrogen (secondary N) is 2. The number of hydrogen-bond donors (Lipinski definition) is 3. The second kappa shape index (κ2) is 4.97. The van der Waals surface area contributed by atoms with Gasteiger partial charge in [0.15, 0.2) is 5.58 Å². The molecule has 4 N–H and O–H groups in total. The van der Waals surface area contributed by atoms with Crippen molar-refractivity contribution in [3.05, 3.63) is 22.7 Å². The Morgan fingerprint density at radius 1 is 1.37 bits per heavy atom. The van der Waals surface area contributed by atoms with Gasteiger partial charge in [0.25, 0.3) is 0 Å².